The molecule has 1 atom stereocenters. The zero-order valence-electron chi connectivity index (χ0n) is 19.6. The molecule has 3 aromatic rings. The number of rotatable bonds is 8. The topological polar surface area (TPSA) is 54.1 Å². The van der Waals surface area contributed by atoms with Gasteiger partial charge in [0.2, 0.25) is 5.91 Å². The summed E-state index contributed by atoms with van der Waals surface area (Å²) in [5, 5.41) is 3.18. The van der Waals surface area contributed by atoms with Gasteiger partial charge in [0, 0.05) is 44.5 Å². The summed E-state index contributed by atoms with van der Waals surface area (Å²) < 4.78 is 2.13. The molecule has 1 aliphatic heterocycles. The average Bonchev–Trinajstić information content (AvgIpc) is 3.23. The van der Waals surface area contributed by atoms with Crippen LogP contribution < -0.4 is 15.1 Å². The van der Waals surface area contributed by atoms with Crippen LogP contribution in [0.4, 0.5) is 5.69 Å². The Morgan fingerprint density at radius 3 is 2.62 bits per heavy atom. The van der Waals surface area contributed by atoms with Crippen molar-refractivity contribution < 1.29 is 9.69 Å². The highest BCUT2D eigenvalue weighted by atomic mass is 16.1. The number of imidazole rings is 1. The molecule has 0 spiro atoms. The third-order valence-electron chi connectivity index (χ3n) is 6.68. The van der Waals surface area contributed by atoms with Gasteiger partial charge in [0.05, 0.1) is 31.9 Å². The monoisotopic (exact) mass is 434 g/mol. The zero-order chi connectivity index (χ0) is 22.5. The van der Waals surface area contributed by atoms with Crippen LogP contribution in [0.25, 0.3) is 5.65 Å². The number of carbonyl (C=O) groups is 1. The number of nitrogens with one attached hydrogen (secondary N) is 2. The maximum atomic E-state index is 13.0. The number of amides is 1. The van der Waals surface area contributed by atoms with E-state index in [0.29, 0.717) is 6.42 Å². The van der Waals surface area contributed by atoms with Crippen LogP contribution in [0.1, 0.15) is 48.4 Å². The smallest absolute Gasteiger partial charge is 0.221 e. The minimum Gasteiger partial charge on any atom is -0.378 e. The lowest BCUT2D eigenvalue weighted by Crippen LogP contribution is -3.13. The quantitative estimate of drug-likeness (QED) is 0.573. The van der Waals surface area contributed by atoms with E-state index in [-0.39, 0.29) is 11.8 Å². The summed E-state index contributed by atoms with van der Waals surface area (Å²) in [5.41, 5.74) is 5.42. The summed E-state index contributed by atoms with van der Waals surface area (Å²) in [6.07, 6.45) is 8.35. The van der Waals surface area contributed by atoms with E-state index < -0.39 is 0 Å². The van der Waals surface area contributed by atoms with Gasteiger partial charge >= 0.3 is 0 Å². The van der Waals surface area contributed by atoms with Crippen LogP contribution in [0, 0.1) is 6.92 Å². The maximum absolute atomic E-state index is 13.0. The van der Waals surface area contributed by atoms with Crippen LogP contribution in [0.3, 0.4) is 0 Å². The fourth-order valence-corrected chi connectivity index (χ4v) is 4.76. The Labute approximate surface area is 191 Å². The number of benzene rings is 1. The number of hydrogen-bond acceptors (Lipinski definition) is 3. The summed E-state index contributed by atoms with van der Waals surface area (Å²) in [7, 11) is 4.08. The molecule has 32 heavy (non-hydrogen) atoms. The molecular weight excluding hydrogens is 398 g/mol. The number of pyridine rings is 1. The van der Waals surface area contributed by atoms with Crippen molar-refractivity contribution in [1.29, 1.82) is 0 Å². The molecule has 0 bridgehead atoms. The summed E-state index contributed by atoms with van der Waals surface area (Å²) in [6, 6.07) is 12.6. The van der Waals surface area contributed by atoms with Gasteiger partial charge in [-0.2, -0.15) is 0 Å². The summed E-state index contributed by atoms with van der Waals surface area (Å²) >= 11 is 0. The van der Waals surface area contributed by atoms with Crippen molar-refractivity contribution in [2.24, 2.45) is 0 Å². The van der Waals surface area contributed by atoms with Crippen molar-refractivity contribution in [3.63, 3.8) is 0 Å². The summed E-state index contributed by atoms with van der Waals surface area (Å²) in [4.78, 5) is 21.3. The van der Waals surface area contributed by atoms with Crippen LogP contribution >= 0.6 is 0 Å². The number of quaternary nitrogens is 1. The molecule has 1 aliphatic rings. The number of likely N-dealkylation sites (tertiary alicyclic amines) is 1. The van der Waals surface area contributed by atoms with Gasteiger partial charge in [-0.25, -0.2) is 4.98 Å². The highest BCUT2D eigenvalue weighted by molar-refractivity contribution is 5.77. The Hall–Kier alpha value is -2.86. The third-order valence-corrected chi connectivity index (χ3v) is 6.68. The van der Waals surface area contributed by atoms with E-state index in [1.807, 2.05) is 32.6 Å². The van der Waals surface area contributed by atoms with Gasteiger partial charge in [0.25, 0.3) is 0 Å². The van der Waals surface area contributed by atoms with Gasteiger partial charge in [0.15, 0.2) is 0 Å². The normalized spacial score (nSPS) is 15.6. The molecule has 170 valence electrons. The lowest BCUT2D eigenvalue weighted by molar-refractivity contribution is -0.903. The molecule has 0 saturated carbocycles. The molecule has 6 nitrogen and oxygen atoms in total. The van der Waals surface area contributed by atoms with Crippen LogP contribution in [0.2, 0.25) is 0 Å². The molecule has 1 amide bonds. The molecule has 4 rings (SSSR count). The standard InChI is InChI=1S/C26H35N5O/c1-20-8-7-16-31-24(19-28-26(20)31)23(21-9-11-22(12-10-21)29(2)3)18-25(32)27-13-17-30-14-5-4-6-15-30/h7-12,16,19,23H,4-6,13-15,17-18H2,1-3H3,(H,27,32)/p+1/t23-/m0/s1. The molecule has 1 aromatic carbocycles. The molecule has 1 saturated heterocycles. The first-order valence-corrected chi connectivity index (χ1v) is 11.8. The maximum Gasteiger partial charge on any atom is 0.221 e. The Morgan fingerprint density at radius 1 is 1.16 bits per heavy atom. The number of hydrogen-bond donors (Lipinski definition) is 2. The van der Waals surface area contributed by atoms with E-state index in [1.54, 1.807) is 4.90 Å². The number of piperidine rings is 1. The van der Waals surface area contributed by atoms with Gasteiger partial charge in [0.1, 0.15) is 5.65 Å². The predicted octanol–water partition coefficient (Wildman–Crippen LogP) is 2.42. The Morgan fingerprint density at radius 2 is 1.91 bits per heavy atom. The molecule has 2 aromatic heterocycles. The minimum absolute atomic E-state index is 0.0506. The van der Waals surface area contributed by atoms with Crippen molar-refractivity contribution in [3.05, 3.63) is 65.6 Å². The number of anilines is 1. The number of aromatic nitrogens is 2. The third kappa shape index (κ3) is 5.13. The van der Waals surface area contributed by atoms with Gasteiger partial charge < -0.3 is 19.5 Å². The summed E-state index contributed by atoms with van der Waals surface area (Å²) in [5.74, 6) is 0.0519. The molecular formula is C26H36N5O+. The number of aryl methyl sites for hydroxylation is 1. The molecule has 6 heteroatoms. The second-order valence-corrected chi connectivity index (χ2v) is 9.22. The van der Waals surface area contributed by atoms with Crippen molar-refractivity contribution in [1.82, 2.24) is 14.7 Å². The minimum atomic E-state index is -0.0506. The van der Waals surface area contributed by atoms with Crippen LogP contribution in [0.5, 0.6) is 0 Å². The number of nitrogens with zero attached hydrogens (tertiary/aromatic N) is 3. The summed E-state index contributed by atoms with van der Waals surface area (Å²) in [6.45, 7) is 6.30. The second-order valence-electron chi connectivity index (χ2n) is 9.22. The van der Waals surface area contributed by atoms with E-state index in [9.17, 15) is 4.79 Å². The van der Waals surface area contributed by atoms with Crippen LogP contribution in [-0.4, -0.2) is 55.6 Å². The average molecular weight is 435 g/mol. The molecule has 1 fully saturated rings. The van der Waals surface area contributed by atoms with E-state index in [0.717, 1.165) is 41.2 Å². The second kappa shape index (κ2) is 10.2. The van der Waals surface area contributed by atoms with Gasteiger partial charge in [-0.3, -0.25) is 4.79 Å². The molecule has 0 radical (unpaired) electrons. The number of carbonyl (C=O) groups excluding carboxylic acids is 1. The zero-order valence-corrected chi connectivity index (χ0v) is 19.6. The Kier molecular flexibility index (Phi) is 7.10. The highest BCUT2D eigenvalue weighted by Crippen LogP contribution is 2.30. The van der Waals surface area contributed by atoms with Crippen molar-refractivity contribution in [2.45, 2.75) is 38.5 Å². The molecule has 2 N–H and O–H groups in total. The fraction of sp³-hybridized carbons (Fsp3) is 0.462. The molecule has 3 heterocycles. The Bertz CT molecular complexity index is 1030. The van der Waals surface area contributed by atoms with Gasteiger partial charge in [-0.15, -0.1) is 0 Å². The predicted molar refractivity (Wildman–Crippen MR) is 130 cm³/mol. The molecule has 0 aliphatic carbocycles. The lowest BCUT2D eigenvalue weighted by atomic mass is 9.92. The van der Waals surface area contributed by atoms with Crippen molar-refractivity contribution >= 4 is 17.2 Å². The molecule has 0 unspecified atom stereocenters. The van der Waals surface area contributed by atoms with E-state index >= 15 is 0 Å². The van der Waals surface area contributed by atoms with Crippen molar-refractivity contribution in [2.75, 3.05) is 45.2 Å². The first kappa shape index (κ1) is 22.3. The first-order valence-electron chi connectivity index (χ1n) is 11.8. The lowest BCUT2D eigenvalue weighted by Gasteiger charge is -2.24. The van der Waals surface area contributed by atoms with Crippen LogP contribution in [-0.2, 0) is 4.79 Å². The van der Waals surface area contributed by atoms with E-state index in [1.165, 1.54) is 32.4 Å². The highest BCUT2D eigenvalue weighted by Gasteiger charge is 2.23. The SMILES string of the molecule is Cc1cccn2c([C@@H](CC(=O)NCC[NH+]3CCCCC3)c3ccc(N(C)C)cc3)cnc12. The van der Waals surface area contributed by atoms with E-state index in [4.69, 9.17) is 0 Å². The van der Waals surface area contributed by atoms with Gasteiger partial charge in [-0.1, -0.05) is 18.2 Å². The van der Waals surface area contributed by atoms with Crippen molar-refractivity contribution in [3.8, 4) is 0 Å². The largest absolute Gasteiger partial charge is 0.378 e. The van der Waals surface area contributed by atoms with Gasteiger partial charge in [-0.05, 0) is 55.5 Å². The number of fused-ring (bicyclic) bond motifs is 1. The van der Waals surface area contributed by atoms with E-state index in [2.05, 4.69) is 56.9 Å². The van der Waals surface area contributed by atoms with Crippen LogP contribution in [0.15, 0.2) is 48.8 Å². The first-order chi connectivity index (χ1) is 15.5. The fourth-order valence-electron chi connectivity index (χ4n) is 4.76. The Balaban J connectivity index is 1.53.